The molecule has 0 radical (unpaired) electrons. The molecule has 2 aromatic rings. The fraction of sp³-hybridized carbons (Fsp3) is 0.615. The molecular weight excluding hydrogens is 495 g/mol. The van der Waals surface area contributed by atoms with Crippen LogP contribution in [0, 0.1) is 11.3 Å². The van der Waals surface area contributed by atoms with E-state index in [4.69, 9.17) is 16.3 Å². The standard InChI is InChI=1S/C26H35ClF3N3O3/c1-6-20-32-21(23(34)31-15-25(35)11-9-16(2)10-12-25)22(27)33(20)18-8-7-17(19(13-18)36-5)14-24(3,4)26(28,29)30/h7-8,13,16,35H,6,9-12,14-15H2,1-5H3,(H,31,34). The molecule has 0 atom stereocenters. The molecule has 200 valence electrons. The summed E-state index contributed by atoms with van der Waals surface area (Å²) in [6.07, 6.45) is -1.12. The summed E-state index contributed by atoms with van der Waals surface area (Å²) in [5.74, 6) is 0.870. The minimum Gasteiger partial charge on any atom is -0.496 e. The van der Waals surface area contributed by atoms with Crippen LogP contribution >= 0.6 is 11.6 Å². The number of carbonyl (C=O) groups excluding carboxylic acids is 1. The van der Waals surface area contributed by atoms with Crippen molar-refractivity contribution >= 4 is 17.5 Å². The lowest BCUT2D eigenvalue weighted by Gasteiger charge is -2.34. The summed E-state index contributed by atoms with van der Waals surface area (Å²) in [5.41, 5.74) is -1.92. The van der Waals surface area contributed by atoms with Crippen LogP contribution in [0.5, 0.6) is 5.75 Å². The van der Waals surface area contributed by atoms with Crippen molar-refractivity contribution in [2.24, 2.45) is 11.3 Å². The summed E-state index contributed by atoms with van der Waals surface area (Å²) in [7, 11) is 1.40. The molecule has 1 aromatic carbocycles. The Morgan fingerprint density at radius 2 is 1.94 bits per heavy atom. The Kier molecular flexibility index (Phi) is 8.35. The van der Waals surface area contributed by atoms with Gasteiger partial charge in [-0.2, -0.15) is 13.2 Å². The first kappa shape index (κ1) is 28.3. The fourth-order valence-corrected chi connectivity index (χ4v) is 4.81. The molecule has 1 heterocycles. The van der Waals surface area contributed by atoms with Gasteiger partial charge in [-0.15, -0.1) is 0 Å². The maximum Gasteiger partial charge on any atom is 0.394 e. The summed E-state index contributed by atoms with van der Waals surface area (Å²) in [5, 5.41) is 13.6. The van der Waals surface area contributed by atoms with E-state index in [1.807, 2.05) is 6.92 Å². The van der Waals surface area contributed by atoms with Gasteiger partial charge < -0.3 is 15.2 Å². The minimum absolute atomic E-state index is 0.0301. The van der Waals surface area contributed by atoms with Crippen molar-refractivity contribution in [2.45, 2.75) is 78.0 Å². The van der Waals surface area contributed by atoms with Gasteiger partial charge in [-0.25, -0.2) is 4.98 Å². The molecule has 6 nitrogen and oxygen atoms in total. The molecular formula is C26H35ClF3N3O3. The summed E-state index contributed by atoms with van der Waals surface area (Å²) in [4.78, 5) is 17.4. The highest BCUT2D eigenvalue weighted by molar-refractivity contribution is 6.32. The molecule has 2 N–H and O–H groups in total. The number of aryl methyl sites for hydroxylation is 1. The van der Waals surface area contributed by atoms with Crippen LogP contribution in [-0.2, 0) is 12.8 Å². The maximum absolute atomic E-state index is 13.4. The lowest BCUT2D eigenvalue weighted by molar-refractivity contribution is -0.211. The number of nitrogens with one attached hydrogen (secondary N) is 1. The number of amides is 1. The molecule has 10 heteroatoms. The first-order valence-corrected chi connectivity index (χ1v) is 12.6. The van der Waals surface area contributed by atoms with E-state index in [2.05, 4.69) is 17.2 Å². The molecule has 3 rings (SSSR count). The van der Waals surface area contributed by atoms with Gasteiger partial charge in [-0.3, -0.25) is 9.36 Å². The number of hydrogen-bond donors (Lipinski definition) is 2. The molecule has 1 aliphatic carbocycles. The Morgan fingerprint density at radius 3 is 2.50 bits per heavy atom. The molecule has 0 bridgehead atoms. The Hall–Kier alpha value is -2.26. The van der Waals surface area contributed by atoms with Gasteiger partial charge in [0.05, 0.1) is 23.8 Å². The van der Waals surface area contributed by atoms with E-state index in [9.17, 15) is 23.1 Å². The summed E-state index contributed by atoms with van der Waals surface area (Å²) < 4.78 is 47.3. The van der Waals surface area contributed by atoms with Crippen LogP contribution in [0.4, 0.5) is 13.2 Å². The Labute approximate surface area is 215 Å². The highest BCUT2D eigenvalue weighted by Crippen LogP contribution is 2.42. The van der Waals surface area contributed by atoms with Crippen molar-refractivity contribution in [3.8, 4) is 11.4 Å². The lowest BCUT2D eigenvalue weighted by Crippen LogP contribution is -2.45. The van der Waals surface area contributed by atoms with E-state index in [1.165, 1.54) is 7.11 Å². The average molecular weight is 530 g/mol. The van der Waals surface area contributed by atoms with Crippen LogP contribution in [0.15, 0.2) is 18.2 Å². The third-order valence-electron chi connectivity index (χ3n) is 7.13. The van der Waals surface area contributed by atoms with Crippen molar-refractivity contribution in [3.05, 3.63) is 40.4 Å². The average Bonchev–Trinajstić information content (AvgIpc) is 3.15. The minimum atomic E-state index is -4.37. The van der Waals surface area contributed by atoms with E-state index in [0.29, 0.717) is 42.3 Å². The molecule has 0 unspecified atom stereocenters. The SMILES string of the molecule is CCc1nc(C(=O)NCC2(O)CCC(C)CC2)c(Cl)n1-c1ccc(CC(C)(C)C(F)(F)F)c(OC)c1. The molecule has 1 fully saturated rings. The molecule has 1 aromatic heterocycles. The third kappa shape index (κ3) is 5.99. The van der Waals surface area contributed by atoms with Gasteiger partial charge in [0, 0.05) is 19.0 Å². The molecule has 1 saturated carbocycles. The molecule has 0 saturated heterocycles. The number of hydrogen-bond acceptors (Lipinski definition) is 4. The highest BCUT2D eigenvalue weighted by Gasteiger charge is 2.47. The van der Waals surface area contributed by atoms with E-state index in [0.717, 1.165) is 26.7 Å². The van der Waals surface area contributed by atoms with Crippen LogP contribution in [0.1, 0.15) is 75.3 Å². The Balaban J connectivity index is 1.86. The second-order valence-electron chi connectivity index (χ2n) is 10.5. The van der Waals surface area contributed by atoms with E-state index >= 15 is 0 Å². The predicted molar refractivity (Wildman–Crippen MR) is 133 cm³/mol. The van der Waals surface area contributed by atoms with Crippen molar-refractivity contribution in [1.29, 1.82) is 0 Å². The monoisotopic (exact) mass is 529 g/mol. The van der Waals surface area contributed by atoms with E-state index in [-0.39, 0.29) is 29.6 Å². The second-order valence-corrected chi connectivity index (χ2v) is 10.9. The second kappa shape index (κ2) is 10.6. The van der Waals surface area contributed by atoms with E-state index < -0.39 is 23.1 Å². The smallest absolute Gasteiger partial charge is 0.394 e. The predicted octanol–water partition coefficient (Wildman–Crippen LogP) is 5.90. The van der Waals surface area contributed by atoms with Crippen LogP contribution in [0.25, 0.3) is 5.69 Å². The van der Waals surface area contributed by atoms with Crippen LogP contribution < -0.4 is 10.1 Å². The van der Waals surface area contributed by atoms with Gasteiger partial charge in [-0.05, 0) is 49.7 Å². The zero-order chi connectivity index (χ0) is 26.9. The van der Waals surface area contributed by atoms with Crippen molar-refractivity contribution in [1.82, 2.24) is 14.9 Å². The number of nitrogens with zero attached hydrogens (tertiary/aromatic N) is 2. The molecule has 0 spiro atoms. The number of aliphatic hydroxyl groups is 1. The zero-order valence-corrected chi connectivity index (χ0v) is 22.2. The first-order chi connectivity index (χ1) is 16.7. The third-order valence-corrected chi connectivity index (χ3v) is 7.48. The molecule has 1 aliphatic rings. The number of aromatic nitrogens is 2. The first-order valence-electron chi connectivity index (χ1n) is 12.2. The number of imidazole rings is 1. The van der Waals surface area contributed by atoms with Gasteiger partial charge in [0.2, 0.25) is 0 Å². The largest absolute Gasteiger partial charge is 0.496 e. The van der Waals surface area contributed by atoms with Crippen LogP contribution in [0.3, 0.4) is 0 Å². The van der Waals surface area contributed by atoms with Gasteiger partial charge >= 0.3 is 6.18 Å². The summed E-state index contributed by atoms with van der Waals surface area (Å²) in [6, 6.07) is 4.82. The summed E-state index contributed by atoms with van der Waals surface area (Å²) in [6.45, 7) is 6.42. The number of benzene rings is 1. The number of halogens is 4. The number of rotatable bonds is 8. The Morgan fingerprint density at radius 1 is 1.31 bits per heavy atom. The van der Waals surface area contributed by atoms with E-state index in [1.54, 1.807) is 22.8 Å². The van der Waals surface area contributed by atoms with Gasteiger partial charge in [-0.1, -0.05) is 45.4 Å². The number of ether oxygens (including phenoxy) is 1. The fourth-order valence-electron chi connectivity index (χ4n) is 4.49. The van der Waals surface area contributed by atoms with Gasteiger partial charge in [0.25, 0.3) is 5.91 Å². The molecule has 0 aliphatic heterocycles. The van der Waals surface area contributed by atoms with Crippen molar-refractivity contribution < 1.29 is 27.8 Å². The quantitative estimate of drug-likeness (QED) is 0.446. The maximum atomic E-state index is 13.4. The van der Waals surface area contributed by atoms with Gasteiger partial charge in [0.15, 0.2) is 5.69 Å². The highest BCUT2D eigenvalue weighted by atomic mass is 35.5. The van der Waals surface area contributed by atoms with Crippen molar-refractivity contribution in [3.63, 3.8) is 0 Å². The zero-order valence-electron chi connectivity index (χ0n) is 21.4. The van der Waals surface area contributed by atoms with Crippen LogP contribution in [-0.4, -0.2) is 46.0 Å². The van der Waals surface area contributed by atoms with Crippen molar-refractivity contribution in [2.75, 3.05) is 13.7 Å². The molecule has 36 heavy (non-hydrogen) atoms. The number of alkyl halides is 3. The normalized spacial score (nSPS) is 20.9. The lowest BCUT2D eigenvalue weighted by atomic mass is 9.79. The number of carbonyl (C=O) groups is 1. The molecule has 1 amide bonds. The summed E-state index contributed by atoms with van der Waals surface area (Å²) >= 11 is 6.60. The van der Waals surface area contributed by atoms with Crippen LogP contribution in [0.2, 0.25) is 5.15 Å². The van der Waals surface area contributed by atoms with Gasteiger partial charge in [0.1, 0.15) is 16.7 Å². The topological polar surface area (TPSA) is 76.4 Å². The Bertz CT molecular complexity index is 1090. The number of methoxy groups -OCH3 is 1.